The number of carbonyl (C=O) groups is 1. The first-order valence-electron chi connectivity index (χ1n) is 4.23. The molecule has 0 unspecified atom stereocenters. The molecule has 1 heterocycles. The van der Waals surface area contributed by atoms with Gasteiger partial charge in [0.15, 0.2) is 5.16 Å². The second-order valence-corrected chi connectivity index (χ2v) is 3.87. The predicted octanol–water partition coefficient (Wildman–Crippen LogP) is 1.79. The molecule has 0 aliphatic heterocycles. The monoisotopic (exact) mass is 239 g/mol. The summed E-state index contributed by atoms with van der Waals surface area (Å²) in [4.78, 5) is 15.1. The molecule has 0 aliphatic rings. The largest absolute Gasteiger partial charge is 0.478 e. The van der Waals surface area contributed by atoms with Gasteiger partial charge in [0, 0.05) is 4.90 Å². The molecule has 0 amide bonds. The van der Waals surface area contributed by atoms with E-state index in [4.69, 9.17) is 5.11 Å². The summed E-state index contributed by atoms with van der Waals surface area (Å²) >= 11 is 1.08. The standard InChI is InChI=1S/C9H6FN3O2S/c10-5-1-2-7(6(3-5)8(14)15)16-9-11-4-12-13-9/h1-4H,(H,14,15)(H,11,12,13). The number of benzene rings is 1. The highest BCUT2D eigenvalue weighted by Gasteiger charge is 2.13. The summed E-state index contributed by atoms with van der Waals surface area (Å²) in [6, 6.07) is 3.57. The zero-order chi connectivity index (χ0) is 11.5. The molecule has 2 aromatic rings. The van der Waals surface area contributed by atoms with Crippen molar-refractivity contribution < 1.29 is 14.3 Å². The maximum Gasteiger partial charge on any atom is 0.336 e. The van der Waals surface area contributed by atoms with Gasteiger partial charge in [0.1, 0.15) is 12.1 Å². The topological polar surface area (TPSA) is 78.9 Å². The third-order valence-electron chi connectivity index (χ3n) is 1.77. The minimum Gasteiger partial charge on any atom is -0.478 e. The zero-order valence-electron chi connectivity index (χ0n) is 7.85. The lowest BCUT2D eigenvalue weighted by molar-refractivity contribution is 0.0692. The van der Waals surface area contributed by atoms with Crippen LogP contribution in [-0.2, 0) is 0 Å². The first kappa shape index (κ1) is 10.6. The molecule has 0 atom stereocenters. The van der Waals surface area contributed by atoms with E-state index in [0.29, 0.717) is 10.1 Å². The van der Waals surface area contributed by atoms with Gasteiger partial charge in [-0.1, -0.05) is 0 Å². The van der Waals surface area contributed by atoms with Crippen LogP contribution in [-0.4, -0.2) is 26.3 Å². The maximum absolute atomic E-state index is 12.9. The van der Waals surface area contributed by atoms with Crippen LogP contribution in [0.2, 0.25) is 0 Å². The summed E-state index contributed by atoms with van der Waals surface area (Å²) in [5.41, 5.74) is -0.0959. The van der Waals surface area contributed by atoms with E-state index in [2.05, 4.69) is 15.2 Å². The van der Waals surface area contributed by atoms with Gasteiger partial charge in [0.05, 0.1) is 5.56 Å². The number of carboxylic acids is 1. The van der Waals surface area contributed by atoms with Crippen LogP contribution in [0.25, 0.3) is 0 Å². The average Bonchev–Trinajstić information content (AvgIpc) is 2.73. The van der Waals surface area contributed by atoms with Gasteiger partial charge in [-0.3, -0.25) is 5.10 Å². The number of nitrogens with zero attached hydrogens (tertiary/aromatic N) is 2. The summed E-state index contributed by atoms with van der Waals surface area (Å²) in [5.74, 6) is -1.76. The van der Waals surface area contributed by atoms with Crippen LogP contribution in [0.4, 0.5) is 4.39 Å². The third kappa shape index (κ3) is 2.19. The molecule has 7 heteroatoms. The summed E-state index contributed by atoms with van der Waals surface area (Å²) in [6.07, 6.45) is 1.31. The fourth-order valence-corrected chi connectivity index (χ4v) is 1.90. The van der Waals surface area contributed by atoms with E-state index in [0.717, 1.165) is 17.8 Å². The Morgan fingerprint density at radius 1 is 1.50 bits per heavy atom. The molecule has 0 bridgehead atoms. The number of rotatable bonds is 3. The van der Waals surface area contributed by atoms with Gasteiger partial charge in [0.25, 0.3) is 0 Å². The van der Waals surface area contributed by atoms with E-state index in [1.165, 1.54) is 18.5 Å². The van der Waals surface area contributed by atoms with E-state index in [1.54, 1.807) is 0 Å². The number of aromatic nitrogens is 3. The lowest BCUT2D eigenvalue weighted by atomic mass is 10.2. The molecule has 2 N–H and O–H groups in total. The molecule has 82 valence electrons. The Bertz CT molecular complexity index is 515. The van der Waals surface area contributed by atoms with Gasteiger partial charge >= 0.3 is 5.97 Å². The molecule has 0 aliphatic carbocycles. The van der Waals surface area contributed by atoms with Crippen LogP contribution in [0.3, 0.4) is 0 Å². The summed E-state index contributed by atoms with van der Waals surface area (Å²) < 4.78 is 12.9. The number of carboxylic acid groups (broad SMARTS) is 1. The van der Waals surface area contributed by atoms with Gasteiger partial charge in [0.2, 0.25) is 0 Å². The number of hydrogen-bond donors (Lipinski definition) is 2. The number of aromatic carboxylic acids is 1. The van der Waals surface area contributed by atoms with Crippen molar-refractivity contribution in [3.8, 4) is 0 Å². The quantitative estimate of drug-likeness (QED) is 0.853. The highest BCUT2D eigenvalue weighted by atomic mass is 32.2. The molecule has 0 spiro atoms. The molecule has 0 saturated heterocycles. The number of halogens is 1. The van der Waals surface area contributed by atoms with Crippen LogP contribution in [0.1, 0.15) is 10.4 Å². The minimum atomic E-state index is -1.18. The molecular formula is C9H6FN3O2S. The average molecular weight is 239 g/mol. The highest BCUT2D eigenvalue weighted by molar-refractivity contribution is 7.99. The van der Waals surface area contributed by atoms with E-state index in [-0.39, 0.29) is 5.56 Å². The highest BCUT2D eigenvalue weighted by Crippen LogP contribution is 2.28. The molecule has 1 aromatic heterocycles. The summed E-state index contributed by atoms with van der Waals surface area (Å²) in [7, 11) is 0. The number of hydrogen-bond acceptors (Lipinski definition) is 4. The van der Waals surface area contributed by atoms with Crippen molar-refractivity contribution in [2.24, 2.45) is 0 Å². The normalized spacial score (nSPS) is 10.3. The van der Waals surface area contributed by atoms with Crippen molar-refractivity contribution in [1.29, 1.82) is 0 Å². The van der Waals surface area contributed by atoms with Gasteiger partial charge in [-0.15, -0.1) is 0 Å². The molecule has 5 nitrogen and oxygen atoms in total. The molecule has 0 fully saturated rings. The second-order valence-electron chi connectivity index (χ2n) is 2.84. The number of aromatic amines is 1. The Balaban J connectivity index is 2.36. The fraction of sp³-hybridized carbons (Fsp3) is 0. The van der Waals surface area contributed by atoms with E-state index in [1.807, 2.05) is 0 Å². The van der Waals surface area contributed by atoms with Gasteiger partial charge < -0.3 is 5.11 Å². The first-order chi connectivity index (χ1) is 7.66. The second kappa shape index (κ2) is 4.31. The van der Waals surface area contributed by atoms with Crippen molar-refractivity contribution in [1.82, 2.24) is 15.2 Å². The summed E-state index contributed by atoms with van der Waals surface area (Å²) in [5, 5.41) is 15.6. The minimum absolute atomic E-state index is 0.0959. The van der Waals surface area contributed by atoms with Gasteiger partial charge in [-0.25, -0.2) is 14.2 Å². The Hall–Kier alpha value is -1.89. The van der Waals surface area contributed by atoms with Crippen LogP contribution in [0.15, 0.2) is 34.6 Å². The van der Waals surface area contributed by atoms with Gasteiger partial charge in [-0.05, 0) is 30.0 Å². The summed E-state index contributed by atoms with van der Waals surface area (Å²) in [6.45, 7) is 0. The lowest BCUT2D eigenvalue weighted by Gasteiger charge is -2.02. The third-order valence-corrected chi connectivity index (χ3v) is 2.74. The Morgan fingerprint density at radius 2 is 2.31 bits per heavy atom. The van der Waals surface area contributed by atoms with Crippen LogP contribution < -0.4 is 0 Å². The molecule has 0 radical (unpaired) electrons. The SMILES string of the molecule is O=C(O)c1cc(F)ccc1Sc1ncn[nH]1. The smallest absolute Gasteiger partial charge is 0.336 e. The first-order valence-corrected chi connectivity index (χ1v) is 5.04. The van der Waals surface area contributed by atoms with Crippen molar-refractivity contribution in [2.45, 2.75) is 10.1 Å². The van der Waals surface area contributed by atoms with Crippen molar-refractivity contribution in [3.63, 3.8) is 0 Å². The van der Waals surface area contributed by atoms with Crippen molar-refractivity contribution >= 4 is 17.7 Å². The lowest BCUT2D eigenvalue weighted by Crippen LogP contribution is -1.99. The van der Waals surface area contributed by atoms with Crippen LogP contribution in [0.5, 0.6) is 0 Å². The van der Waals surface area contributed by atoms with Crippen molar-refractivity contribution in [2.75, 3.05) is 0 Å². The molecule has 16 heavy (non-hydrogen) atoms. The predicted molar refractivity (Wildman–Crippen MR) is 53.9 cm³/mol. The maximum atomic E-state index is 12.9. The van der Waals surface area contributed by atoms with Crippen molar-refractivity contribution in [3.05, 3.63) is 35.9 Å². The number of nitrogens with one attached hydrogen (secondary N) is 1. The Morgan fingerprint density at radius 3 is 2.94 bits per heavy atom. The number of H-pyrrole nitrogens is 1. The Kier molecular flexibility index (Phi) is 2.86. The van der Waals surface area contributed by atoms with Gasteiger partial charge in [-0.2, -0.15) is 5.10 Å². The van der Waals surface area contributed by atoms with Crippen LogP contribution >= 0.6 is 11.8 Å². The zero-order valence-corrected chi connectivity index (χ0v) is 8.66. The molecular weight excluding hydrogens is 233 g/mol. The van der Waals surface area contributed by atoms with Crippen LogP contribution in [0, 0.1) is 5.82 Å². The van der Waals surface area contributed by atoms with E-state index >= 15 is 0 Å². The molecule has 2 rings (SSSR count). The van der Waals surface area contributed by atoms with E-state index < -0.39 is 11.8 Å². The molecule has 1 aromatic carbocycles. The fourth-order valence-electron chi connectivity index (χ4n) is 1.11. The van der Waals surface area contributed by atoms with E-state index in [9.17, 15) is 9.18 Å². The molecule has 0 saturated carbocycles. The Labute approximate surface area is 93.7 Å².